The fourth-order valence-electron chi connectivity index (χ4n) is 2.31. The molecular weight excluding hydrogens is 298 g/mol. The number of aromatic nitrogens is 3. The van der Waals surface area contributed by atoms with E-state index in [-0.39, 0.29) is 12.6 Å². The smallest absolute Gasteiger partial charge is 0.316 e. The van der Waals surface area contributed by atoms with E-state index in [0.29, 0.717) is 31.3 Å². The van der Waals surface area contributed by atoms with Crippen molar-refractivity contribution in [3.05, 3.63) is 36.4 Å². The molecule has 0 spiro atoms. The van der Waals surface area contributed by atoms with Gasteiger partial charge in [0, 0.05) is 0 Å². The summed E-state index contributed by atoms with van der Waals surface area (Å²) in [5.41, 5.74) is 0.0468. The molecule has 7 heteroatoms. The third-order valence-electron chi connectivity index (χ3n) is 3.79. The van der Waals surface area contributed by atoms with Crippen LogP contribution >= 0.6 is 0 Å². The highest BCUT2D eigenvalue weighted by molar-refractivity contribution is 5.82. The number of ether oxygens (including phenoxy) is 3. The molecule has 2 heterocycles. The van der Waals surface area contributed by atoms with Crippen LogP contribution in [0, 0.1) is 0 Å². The monoisotopic (exact) mass is 317 g/mol. The van der Waals surface area contributed by atoms with Crippen LogP contribution in [-0.2, 0) is 21.5 Å². The number of esters is 1. The number of fused-ring (bicyclic) bond motifs is 1. The molecule has 0 N–H and O–H groups in total. The Labute approximate surface area is 134 Å². The summed E-state index contributed by atoms with van der Waals surface area (Å²) in [6, 6.07) is 5.54. The molecule has 1 aromatic heterocycles. The van der Waals surface area contributed by atoms with E-state index in [1.54, 1.807) is 11.0 Å². The molecule has 2 aromatic rings. The molecule has 0 saturated heterocycles. The molecule has 0 fully saturated rings. The Balaban J connectivity index is 1.66. The number of nitrogens with zero attached hydrogens (tertiary/aromatic N) is 3. The Hall–Kier alpha value is -2.57. The van der Waals surface area contributed by atoms with Gasteiger partial charge in [-0.25, -0.2) is 9.67 Å². The second-order valence-corrected chi connectivity index (χ2v) is 5.78. The maximum Gasteiger partial charge on any atom is 0.316 e. The normalized spacial score (nSPS) is 13.7. The number of hydrogen-bond acceptors (Lipinski definition) is 6. The minimum absolute atomic E-state index is 0.246. The van der Waals surface area contributed by atoms with Gasteiger partial charge in [0.2, 0.25) is 0 Å². The van der Waals surface area contributed by atoms with Crippen LogP contribution in [0.5, 0.6) is 11.5 Å². The number of benzene rings is 1. The lowest BCUT2D eigenvalue weighted by molar-refractivity contribution is -0.149. The first-order valence-corrected chi connectivity index (χ1v) is 7.47. The second-order valence-electron chi connectivity index (χ2n) is 5.78. The first kappa shape index (κ1) is 15.3. The average Bonchev–Trinajstić information content (AvgIpc) is 3.07. The maximum atomic E-state index is 12.4. The highest BCUT2D eigenvalue weighted by Crippen LogP contribution is 2.35. The topological polar surface area (TPSA) is 75.5 Å². The maximum absolute atomic E-state index is 12.4. The van der Waals surface area contributed by atoms with Gasteiger partial charge in [-0.15, -0.1) is 0 Å². The SMILES string of the molecule is CC(C)(C(=O)OCCn1cncn1)c1ccc2c(c1)OCCO2. The van der Waals surface area contributed by atoms with Crippen LogP contribution in [0.2, 0.25) is 0 Å². The molecular formula is C16H19N3O4. The van der Waals surface area contributed by atoms with Crippen molar-refractivity contribution in [3.63, 3.8) is 0 Å². The third kappa shape index (κ3) is 3.28. The largest absolute Gasteiger partial charge is 0.486 e. The van der Waals surface area contributed by atoms with Crippen LogP contribution in [0.3, 0.4) is 0 Å². The van der Waals surface area contributed by atoms with E-state index in [0.717, 1.165) is 5.56 Å². The zero-order valence-corrected chi connectivity index (χ0v) is 13.2. The van der Waals surface area contributed by atoms with Crippen LogP contribution in [-0.4, -0.2) is 40.6 Å². The Bertz CT molecular complexity index is 683. The fraction of sp³-hybridized carbons (Fsp3) is 0.438. The molecule has 1 aromatic carbocycles. The van der Waals surface area contributed by atoms with Gasteiger partial charge >= 0.3 is 5.97 Å². The summed E-state index contributed by atoms with van der Waals surface area (Å²) >= 11 is 0. The lowest BCUT2D eigenvalue weighted by Gasteiger charge is -2.25. The number of carbonyl (C=O) groups excluding carboxylic acids is 1. The molecule has 0 atom stereocenters. The van der Waals surface area contributed by atoms with Crippen molar-refractivity contribution in [2.75, 3.05) is 19.8 Å². The first-order valence-electron chi connectivity index (χ1n) is 7.47. The molecule has 0 radical (unpaired) electrons. The number of hydrogen-bond donors (Lipinski definition) is 0. The van der Waals surface area contributed by atoms with Gasteiger partial charge in [0.05, 0.1) is 12.0 Å². The molecule has 122 valence electrons. The Morgan fingerprint density at radius 2 is 2.09 bits per heavy atom. The summed E-state index contributed by atoms with van der Waals surface area (Å²) in [5.74, 6) is 1.07. The van der Waals surface area contributed by atoms with E-state index >= 15 is 0 Å². The average molecular weight is 317 g/mol. The first-order chi connectivity index (χ1) is 11.1. The van der Waals surface area contributed by atoms with Gasteiger partial charge in [-0.2, -0.15) is 5.10 Å². The molecule has 0 amide bonds. The molecule has 7 nitrogen and oxygen atoms in total. The van der Waals surface area contributed by atoms with Crippen LogP contribution in [0.15, 0.2) is 30.9 Å². The van der Waals surface area contributed by atoms with Gasteiger partial charge in [-0.05, 0) is 31.5 Å². The molecule has 0 aliphatic carbocycles. The molecule has 0 unspecified atom stereocenters. The lowest BCUT2D eigenvalue weighted by atomic mass is 9.84. The minimum atomic E-state index is -0.780. The molecule has 23 heavy (non-hydrogen) atoms. The van der Waals surface area contributed by atoms with Gasteiger partial charge in [0.15, 0.2) is 11.5 Å². The predicted octanol–water partition coefficient (Wildman–Crippen LogP) is 1.57. The van der Waals surface area contributed by atoms with Crippen LogP contribution < -0.4 is 9.47 Å². The Morgan fingerprint density at radius 3 is 2.83 bits per heavy atom. The lowest BCUT2D eigenvalue weighted by Crippen LogP contribution is -2.32. The zero-order chi connectivity index (χ0) is 16.3. The van der Waals surface area contributed by atoms with Crippen LogP contribution in [0.25, 0.3) is 0 Å². The van der Waals surface area contributed by atoms with Crippen LogP contribution in [0.4, 0.5) is 0 Å². The van der Waals surface area contributed by atoms with Gasteiger partial charge in [0.1, 0.15) is 32.5 Å². The quantitative estimate of drug-likeness (QED) is 0.779. The molecule has 3 rings (SSSR count). The highest BCUT2D eigenvalue weighted by atomic mass is 16.6. The van der Waals surface area contributed by atoms with Gasteiger partial charge in [0.25, 0.3) is 0 Å². The Morgan fingerprint density at radius 1 is 1.30 bits per heavy atom. The van der Waals surface area contributed by atoms with Gasteiger partial charge in [-0.1, -0.05) is 6.07 Å². The van der Waals surface area contributed by atoms with Crippen LogP contribution in [0.1, 0.15) is 19.4 Å². The van der Waals surface area contributed by atoms with Crippen molar-refractivity contribution in [1.82, 2.24) is 14.8 Å². The molecule has 1 aliphatic heterocycles. The summed E-state index contributed by atoms with van der Waals surface area (Å²) in [4.78, 5) is 16.3. The molecule has 0 bridgehead atoms. The van der Waals surface area contributed by atoms with E-state index in [4.69, 9.17) is 14.2 Å². The van der Waals surface area contributed by atoms with Crippen molar-refractivity contribution >= 4 is 5.97 Å². The zero-order valence-electron chi connectivity index (χ0n) is 13.2. The molecule has 0 saturated carbocycles. The number of carbonyl (C=O) groups is 1. The summed E-state index contributed by atoms with van der Waals surface area (Å²) in [6.45, 7) is 5.44. The number of rotatable bonds is 5. The van der Waals surface area contributed by atoms with E-state index < -0.39 is 5.41 Å². The summed E-state index contributed by atoms with van der Waals surface area (Å²) in [7, 11) is 0. The van der Waals surface area contributed by atoms with Gasteiger partial charge in [-0.3, -0.25) is 4.79 Å². The second kappa shape index (κ2) is 6.28. The van der Waals surface area contributed by atoms with Crippen molar-refractivity contribution in [2.24, 2.45) is 0 Å². The van der Waals surface area contributed by atoms with Crippen molar-refractivity contribution in [1.29, 1.82) is 0 Å². The van der Waals surface area contributed by atoms with Crippen molar-refractivity contribution in [2.45, 2.75) is 25.8 Å². The van der Waals surface area contributed by atoms with E-state index in [2.05, 4.69) is 10.1 Å². The third-order valence-corrected chi connectivity index (χ3v) is 3.79. The van der Waals surface area contributed by atoms with Gasteiger partial charge < -0.3 is 14.2 Å². The minimum Gasteiger partial charge on any atom is -0.486 e. The van der Waals surface area contributed by atoms with E-state index in [9.17, 15) is 4.79 Å². The predicted molar refractivity (Wildman–Crippen MR) is 81.4 cm³/mol. The molecule has 1 aliphatic rings. The Kier molecular flexibility index (Phi) is 4.18. The summed E-state index contributed by atoms with van der Waals surface area (Å²) in [5, 5.41) is 3.97. The summed E-state index contributed by atoms with van der Waals surface area (Å²) < 4.78 is 18.1. The van der Waals surface area contributed by atoms with E-state index in [1.165, 1.54) is 6.33 Å². The van der Waals surface area contributed by atoms with Crippen molar-refractivity contribution in [3.8, 4) is 11.5 Å². The highest BCUT2D eigenvalue weighted by Gasteiger charge is 2.32. The fourth-order valence-corrected chi connectivity index (χ4v) is 2.31. The standard InChI is InChI=1S/C16H19N3O4/c1-16(2,15(20)23-6-5-19-11-17-10-18-19)12-3-4-13-14(9-12)22-8-7-21-13/h3-4,9-11H,5-8H2,1-2H3. The van der Waals surface area contributed by atoms with E-state index in [1.807, 2.05) is 32.0 Å². The summed E-state index contributed by atoms with van der Waals surface area (Å²) in [6.07, 6.45) is 3.03. The van der Waals surface area contributed by atoms with Crippen molar-refractivity contribution < 1.29 is 19.0 Å².